The molecule has 2 N–H and O–H groups in total. The molecule has 0 saturated heterocycles. The minimum atomic E-state index is -1.15. The molecular formula is C13H15N5O3. The third kappa shape index (κ3) is 3.41. The van der Waals surface area contributed by atoms with E-state index in [-0.39, 0.29) is 11.6 Å². The molecule has 0 bridgehead atoms. The van der Waals surface area contributed by atoms with Crippen molar-refractivity contribution < 1.29 is 14.7 Å². The Kier molecular flexibility index (Phi) is 4.60. The number of rotatable bonds is 6. The monoisotopic (exact) mass is 289 g/mol. The molecule has 0 unspecified atom stereocenters. The fraction of sp³-hybridized carbons (Fsp3) is 0.308. The first-order valence-electron chi connectivity index (χ1n) is 6.41. The van der Waals surface area contributed by atoms with Crippen LogP contribution >= 0.6 is 0 Å². The number of nitrogens with one attached hydrogen (secondary N) is 1. The zero-order valence-electron chi connectivity index (χ0n) is 11.5. The van der Waals surface area contributed by atoms with Gasteiger partial charge in [0.2, 0.25) is 5.91 Å². The number of nitrogens with zero attached hydrogens (tertiary/aromatic N) is 4. The van der Waals surface area contributed by atoms with Crippen molar-refractivity contribution in [3.8, 4) is 11.3 Å². The van der Waals surface area contributed by atoms with Crippen LogP contribution in [0.1, 0.15) is 23.3 Å². The zero-order valence-corrected chi connectivity index (χ0v) is 11.5. The molecular weight excluding hydrogens is 274 g/mol. The predicted octanol–water partition coefficient (Wildman–Crippen LogP) is 0.564. The van der Waals surface area contributed by atoms with Gasteiger partial charge in [0, 0.05) is 38.0 Å². The van der Waals surface area contributed by atoms with Crippen molar-refractivity contribution in [1.82, 2.24) is 25.3 Å². The molecule has 2 rings (SSSR count). The second-order valence-corrected chi connectivity index (χ2v) is 4.33. The number of carboxylic acids is 1. The van der Waals surface area contributed by atoms with Crippen molar-refractivity contribution in [3.63, 3.8) is 0 Å². The fourth-order valence-electron chi connectivity index (χ4n) is 1.92. The van der Waals surface area contributed by atoms with Crippen LogP contribution in [-0.4, -0.2) is 44.0 Å². The summed E-state index contributed by atoms with van der Waals surface area (Å²) in [5, 5.41) is 19.3. The van der Waals surface area contributed by atoms with Gasteiger partial charge in [-0.2, -0.15) is 0 Å². The van der Waals surface area contributed by atoms with Crippen molar-refractivity contribution in [3.05, 3.63) is 30.2 Å². The van der Waals surface area contributed by atoms with Crippen LogP contribution in [0.5, 0.6) is 0 Å². The van der Waals surface area contributed by atoms with Gasteiger partial charge in [-0.15, -0.1) is 5.10 Å². The van der Waals surface area contributed by atoms with E-state index in [2.05, 4.69) is 20.6 Å². The van der Waals surface area contributed by atoms with Crippen molar-refractivity contribution in [1.29, 1.82) is 0 Å². The van der Waals surface area contributed by atoms with Gasteiger partial charge in [0.25, 0.3) is 0 Å². The van der Waals surface area contributed by atoms with Crippen LogP contribution in [0.15, 0.2) is 24.5 Å². The number of hydrogen-bond acceptors (Lipinski definition) is 5. The Balaban J connectivity index is 2.26. The lowest BCUT2D eigenvalue weighted by molar-refractivity contribution is -0.120. The summed E-state index contributed by atoms with van der Waals surface area (Å²) < 4.78 is 1.49. The third-order valence-electron chi connectivity index (χ3n) is 2.93. The van der Waals surface area contributed by atoms with Gasteiger partial charge >= 0.3 is 5.97 Å². The molecule has 0 aromatic carbocycles. The second-order valence-electron chi connectivity index (χ2n) is 4.33. The molecule has 0 saturated carbocycles. The van der Waals surface area contributed by atoms with Crippen LogP contribution in [0.4, 0.5) is 0 Å². The van der Waals surface area contributed by atoms with E-state index in [1.54, 1.807) is 31.6 Å². The van der Waals surface area contributed by atoms with Crippen LogP contribution in [0, 0.1) is 0 Å². The van der Waals surface area contributed by atoms with Crippen LogP contribution in [0.3, 0.4) is 0 Å². The molecule has 0 aliphatic heterocycles. The molecule has 0 spiro atoms. The Morgan fingerprint density at radius 3 is 2.86 bits per heavy atom. The average molecular weight is 289 g/mol. The Hall–Kier alpha value is -2.77. The SMILES string of the molecule is CNC(=O)CCCn1nnc(C(=O)O)c1-c1cccnc1. The van der Waals surface area contributed by atoms with Gasteiger partial charge in [0.1, 0.15) is 5.69 Å². The van der Waals surface area contributed by atoms with E-state index in [0.717, 1.165) is 0 Å². The number of amides is 1. The average Bonchev–Trinajstić information content (AvgIpc) is 2.92. The molecule has 2 heterocycles. The van der Waals surface area contributed by atoms with Gasteiger partial charge in [0.05, 0.1) is 0 Å². The first kappa shape index (κ1) is 14.6. The van der Waals surface area contributed by atoms with E-state index in [4.69, 9.17) is 0 Å². The topological polar surface area (TPSA) is 110 Å². The van der Waals surface area contributed by atoms with E-state index in [1.807, 2.05) is 0 Å². The normalized spacial score (nSPS) is 10.3. The fourth-order valence-corrected chi connectivity index (χ4v) is 1.92. The number of aromatic nitrogens is 4. The van der Waals surface area contributed by atoms with E-state index >= 15 is 0 Å². The van der Waals surface area contributed by atoms with Gasteiger partial charge in [-0.1, -0.05) is 5.21 Å². The summed E-state index contributed by atoms with van der Waals surface area (Å²) in [4.78, 5) is 26.4. The van der Waals surface area contributed by atoms with E-state index in [0.29, 0.717) is 30.6 Å². The summed E-state index contributed by atoms with van der Waals surface area (Å²) in [6.07, 6.45) is 4.03. The first-order valence-corrected chi connectivity index (χ1v) is 6.41. The molecule has 21 heavy (non-hydrogen) atoms. The summed E-state index contributed by atoms with van der Waals surface area (Å²) in [5.41, 5.74) is 0.898. The highest BCUT2D eigenvalue weighted by atomic mass is 16.4. The van der Waals surface area contributed by atoms with Crippen LogP contribution < -0.4 is 5.32 Å². The second kappa shape index (κ2) is 6.60. The van der Waals surface area contributed by atoms with Crippen molar-refractivity contribution in [2.75, 3.05) is 7.05 Å². The standard InChI is InChI=1S/C13H15N5O3/c1-14-10(19)5-3-7-18-12(9-4-2-6-15-8-9)11(13(20)21)16-17-18/h2,4,6,8H,3,5,7H2,1H3,(H,14,19)(H,20,21). The molecule has 0 fully saturated rings. The molecule has 8 nitrogen and oxygen atoms in total. The minimum absolute atomic E-state index is 0.0727. The number of pyridine rings is 1. The number of aromatic carboxylic acids is 1. The molecule has 2 aromatic heterocycles. The third-order valence-corrected chi connectivity index (χ3v) is 2.93. The Morgan fingerprint density at radius 2 is 2.24 bits per heavy atom. The minimum Gasteiger partial charge on any atom is -0.476 e. The van der Waals surface area contributed by atoms with Crippen LogP contribution in [-0.2, 0) is 11.3 Å². The first-order chi connectivity index (χ1) is 10.1. The number of carbonyl (C=O) groups excluding carboxylic acids is 1. The maximum absolute atomic E-state index is 11.2. The van der Waals surface area contributed by atoms with Crippen LogP contribution in [0.2, 0.25) is 0 Å². The Labute approximate surface area is 120 Å². The van der Waals surface area contributed by atoms with Gasteiger partial charge in [0.15, 0.2) is 5.69 Å². The zero-order chi connectivity index (χ0) is 15.2. The van der Waals surface area contributed by atoms with Gasteiger partial charge in [-0.25, -0.2) is 9.48 Å². The highest BCUT2D eigenvalue weighted by Gasteiger charge is 2.20. The maximum atomic E-state index is 11.2. The lowest BCUT2D eigenvalue weighted by Gasteiger charge is -2.06. The summed E-state index contributed by atoms with van der Waals surface area (Å²) in [5.74, 6) is -1.22. The summed E-state index contributed by atoms with van der Waals surface area (Å²) in [6.45, 7) is 0.401. The predicted molar refractivity (Wildman–Crippen MR) is 73.5 cm³/mol. The molecule has 0 atom stereocenters. The lowest BCUT2D eigenvalue weighted by Crippen LogP contribution is -2.18. The molecule has 8 heteroatoms. The van der Waals surface area contributed by atoms with Gasteiger partial charge in [-0.3, -0.25) is 9.78 Å². The maximum Gasteiger partial charge on any atom is 0.358 e. The van der Waals surface area contributed by atoms with E-state index in [1.165, 1.54) is 4.68 Å². The quantitative estimate of drug-likeness (QED) is 0.804. The lowest BCUT2D eigenvalue weighted by atomic mass is 10.1. The summed E-state index contributed by atoms with van der Waals surface area (Å²) >= 11 is 0. The van der Waals surface area contributed by atoms with Gasteiger partial charge < -0.3 is 10.4 Å². The number of carboxylic acid groups (broad SMARTS) is 1. The highest BCUT2D eigenvalue weighted by molar-refractivity contribution is 5.92. The van der Waals surface area contributed by atoms with Crippen molar-refractivity contribution in [2.24, 2.45) is 0 Å². The largest absolute Gasteiger partial charge is 0.476 e. The van der Waals surface area contributed by atoms with Crippen molar-refractivity contribution >= 4 is 11.9 Å². The number of aryl methyl sites for hydroxylation is 1. The molecule has 110 valence electrons. The van der Waals surface area contributed by atoms with Crippen molar-refractivity contribution in [2.45, 2.75) is 19.4 Å². The molecule has 2 aromatic rings. The van der Waals surface area contributed by atoms with E-state index < -0.39 is 5.97 Å². The van der Waals surface area contributed by atoms with Crippen LogP contribution in [0.25, 0.3) is 11.3 Å². The smallest absolute Gasteiger partial charge is 0.358 e. The number of hydrogen-bond donors (Lipinski definition) is 2. The molecule has 0 radical (unpaired) electrons. The Morgan fingerprint density at radius 1 is 1.43 bits per heavy atom. The number of carbonyl (C=O) groups is 2. The highest BCUT2D eigenvalue weighted by Crippen LogP contribution is 2.21. The molecule has 1 amide bonds. The summed E-state index contributed by atoms with van der Waals surface area (Å²) in [6, 6.07) is 3.45. The summed E-state index contributed by atoms with van der Waals surface area (Å²) in [7, 11) is 1.57. The van der Waals surface area contributed by atoms with Gasteiger partial charge in [-0.05, 0) is 18.6 Å². The molecule has 0 aliphatic rings. The Bertz CT molecular complexity index is 639. The molecule has 0 aliphatic carbocycles. The van der Waals surface area contributed by atoms with E-state index in [9.17, 15) is 14.7 Å².